The van der Waals surface area contributed by atoms with E-state index in [1.807, 2.05) is 40.2 Å². The van der Waals surface area contributed by atoms with Gasteiger partial charge in [-0.15, -0.1) is 11.3 Å². The summed E-state index contributed by atoms with van der Waals surface area (Å²) in [6.07, 6.45) is 3.42. The summed E-state index contributed by atoms with van der Waals surface area (Å²) >= 11 is 16.1. The van der Waals surface area contributed by atoms with Crippen molar-refractivity contribution in [3.05, 3.63) is 80.9 Å². The first kappa shape index (κ1) is 21.0. The number of carbonyl (C=O) groups is 2. The van der Waals surface area contributed by atoms with Gasteiger partial charge in [0.25, 0.3) is 11.8 Å². The quantitative estimate of drug-likeness (QED) is 0.216. The third-order valence-corrected chi connectivity index (χ3v) is 6.71. The summed E-state index contributed by atoms with van der Waals surface area (Å²) in [7, 11) is 0. The molecule has 2 amide bonds. The van der Waals surface area contributed by atoms with E-state index in [9.17, 15) is 9.59 Å². The Morgan fingerprint density at radius 2 is 1.81 bits per heavy atom. The van der Waals surface area contributed by atoms with Gasteiger partial charge in [-0.1, -0.05) is 39.7 Å². The smallest absolute Gasteiger partial charge is 0.270 e. The lowest BCUT2D eigenvalue weighted by molar-refractivity contribution is -0.122. The van der Waals surface area contributed by atoms with Crippen LogP contribution in [0.25, 0.3) is 22.3 Å². The van der Waals surface area contributed by atoms with Gasteiger partial charge in [0, 0.05) is 26.6 Å². The number of thiocarbonyl (C=S) groups is 1. The topological polar surface area (TPSA) is 66.7 Å². The van der Waals surface area contributed by atoms with Crippen molar-refractivity contribution in [1.29, 1.82) is 0 Å². The van der Waals surface area contributed by atoms with Crippen LogP contribution in [-0.2, 0) is 9.59 Å². The fourth-order valence-corrected chi connectivity index (χ4v) is 4.77. The number of imidazole rings is 1. The molecule has 0 bridgehead atoms. The zero-order valence-electron chi connectivity index (χ0n) is 16.1. The van der Waals surface area contributed by atoms with Crippen molar-refractivity contribution in [3.63, 3.8) is 0 Å². The standard InChI is InChI=1S/C22H12BrClN4O2S2/c23-13-3-1-12(2-4-13)18-17(27-9-10-32-22(27)25-18)11-16-19(29)26-21(31)28(20(16)30)15-7-5-14(24)6-8-15/h1-11H,(H,26,29,31)/b16-11+. The molecule has 10 heteroatoms. The Kier molecular flexibility index (Phi) is 5.42. The Labute approximate surface area is 205 Å². The molecular formula is C22H12BrClN4O2S2. The molecule has 3 heterocycles. The number of amides is 2. The Bertz CT molecular complexity index is 1420. The number of benzene rings is 2. The monoisotopic (exact) mass is 542 g/mol. The number of nitrogens with zero attached hydrogens (tertiary/aromatic N) is 3. The third kappa shape index (κ3) is 3.67. The van der Waals surface area contributed by atoms with E-state index in [4.69, 9.17) is 28.8 Å². The van der Waals surface area contributed by atoms with Crippen molar-refractivity contribution in [2.45, 2.75) is 0 Å². The summed E-state index contributed by atoms with van der Waals surface area (Å²) < 4.78 is 2.80. The van der Waals surface area contributed by atoms with Crippen molar-refractivity contribution < 1.29 is 9.59 Å². The van der Waals surface area contributed by atoms with E-state index in [-0.39, 0.29) is 10.7 Å². The van der Waals surface area contributed by atoms with Crippen molar-refractivity contribution >= 4 is 84.7 Å². The van der Waals surface area contributed by atoms with Crippen LogP contribution in [0, 0.1) is 0 Å². The molecule has 5 rings (SSSR count). The third-order valence-electron chi connectivity index (χ3n) is 4.88. The van der Waals surface area contributed by atoms with Crippen molar-refractivity contribution in [1.82, 2.24) is 14.7 Å². The van der Waals surface area contributed by atoms with Gasteiger partial charge in [0.15, 0.2) is 10.1 Å². The predicted molar refractivity (Wildman–Crippen MR) is 134 cm³/mol. The number of rotatable bonds is 3. The van der Waals surface area contributed by atoms with E-state index in [2.05, 4.69) is 21.2 Å². The molecule has 4 aromatic rings. The van der Waals surface area contributed by atoms with Crippen molar-refractivity contribution in [2.75, 3.05) is 4.90 Å². The summed E-state index contributed by atoms with van der Waals surface area (Å²) in [5.41, 5.74) is 2.64. The Hall–Kier alpha value is -2.85. The number of carbonyl (C=O) groups excluding carboxylic acids is 2. The second kappa shape index (κ2) is 8.25. The highest BCUT2D eigenvalue weighted by atomic mass is 79.9. The molecule has 32 heavy (non-hydrogen) atoms. The minimum Gasteiger partial charge on any atom is -0.298 e. The van der Waals surface area contributed by atoms with Crippen LogP contribution >= 0.6 is 51.1 Å². The van der Waals surface area contributed by atoms with Crippen molar-refractivity contribution in [2.24, 2.45) is 0 Å². The summed E-state index contributed by atoms with van der Waals surface area (Å²) in [5.74, 6) is -1.08. The van der Waals surface area contributed by atoms with Gasteiger partial charge in [-0.3, -0.25) is 24.2 Å². The lowest BCUT2D eigenvalue weighted by atomic mass is 10.1. The SMILES string of the molecule is O=C1NC(=S)N(c2ccc(Cl)cc2)C(=O)/C1=C/c1c(-c2ccc(Br)cc2)nc2sccn12. The highest BCUT2D eigenvalue weighted by molar-refractivity contribution is 9.10. The van der Waals surface area contributed by atoms with Crippen LogP contribution in [0.4, 0.5) is 5.69 Å². The Balaban J connectivity index is 1.64. The van der Waals surface area contributed by atoms with Crippen molar-refractivity contribution in [3.8, 4) is 11.3 Å². The van der Waals surface area contributed by atoms with Gasteiger partial charge in [0.05, 0.1) is 17.1 Å². The average Bonchev–Trinajstić information content (AvgIpc) is 3.35. The molecule has 2 aromatic heterocycles. The summed E-state index contributed by atoms with van der Waals surface area (Å²) in [6.45, 7) is 0. The average molecular weight is 544 g/mol. The molecule has 2 aromatic carbocycles. The number of hydrogen-bond acceptors (Lipinski definition) is 5. The molecule has 1 N–H and O–H groups in total. The van der Waals surface area contributed by atoms with Crippen LogP contribution in [0.15, 0.2) is 70.2 Å². The van der Waals surface area contributed by atoms with E-state index < -0.39 is 11.8 Å². The van der Waals surface area contributed by atoms with E-state index >= 15 is 0 Å². The molecule has 1 saturated heterocycles. The number of nitrogens with one attached hydrogen (secondary N) is 1. The zero-order chi connectivity index (χ0) is 22.4. The second-order valence-corrected chi connectivity index (χ2v) is 9.45. The summed E-state index contributed by atoms with van der Waals surface area (Å²) in [6, 6.07) is 14.3. The molecule has 6 nitrogen and oxygen atoms in total. The van der Waals surface area contributed by atoms with Crippen LogP contribution in [0.5, 0.6) is 0 Å². The van der Waals surface area contributed by atoms with Gasteiger partial charge in [0.2, 0.25) is 0 Å². The van der Waals surface area contributed by atoms with Crippen LogP contribution in [-0.4, -0.2) is 26.3 Å². The molecule has 0 spiro atoms. The maximum Gasteiger partial charge on any atom is 0.270 e. The van der Waals surface area contributed by atoms with E-state index in [1.165, 1.54) is 16.2 Å². The predicted octanol–water partition coefficient (Wildman–Crippen LogP) is 5.31. The fraction of sp³-hybridized carbons (Fsp3) is 0. The largest absolute Gasteiger partial charge is 0.298 e. The second-order valence-electron chi connectivity index (χ2n) is 6.84. The number of fused-ring (bicyclic) bond motifs is 1. The van der Waals surface area contributed by atoms with Gasteiger partial charge in [-0.05, 0) is 54.7 Å². The zero-order valence-corrected chi connectivity index (χ0v) is 20.1. The first-order chi connectivity index (χ1) is 15.4. The summed E-state index contributed by atoms with van der Waals surface area (Å²) in [5, 5.41) is 5.05. The molecule has 0 unspecified atom stereocenters. The van der Waals surface area contributed by atoms with Gasteiger partial charge in [-0.25, -0.2) is 4.98 Å². The fourth-order valence-electron chi connectivity index (χ4n) is 3.38. The minimum atomic E-state index is -0.558. The Morgan fingerprint density at radius 1 is 1.09 bits per heavy atom. The molecule has 1 aliphatic rings. The Morgan fingerprint density at radius 3 is 2.53 bits per heavy atom. The van der Waals surface area contributed by atoms with Crippen LogP contribution < -0.4 is 10.2 Å². The van der Waals surface area contributed by atoms with Gasteiger partial charge in [-0.2, -0.15) is 0 Å². The maximum absolute atomic E-state index is 13.4. The van der Waals surface area contributed by atoms with E-state index in [0.29, 0.717) is 22.1 Å². The number of halogens is 2. The van der Waals surface area contributed by atoms with Gasteiger partial charge >= 0.3 is 0 Å². The first-order valence-electron chi connectivity index (χ1n) is 9.31. The number of aromatic nitrogens is 2. The molecule has 1 aliphatic heterocycles. The first-order valence-corrected chi connectivity index (χ1v) is 11.8. The van der Waals surface area contributed by atoms with Crippen LogP contribution in [0.3, 0.4) is 0 Å². The maximum atomic E-state index is 13.4. The minimum absolute atomic E-state index is 0.0153. The molecule has 0 aliphatic carbocycles. The highest BCUT2D eigenvalue weighted by Crippen LogP contribution is 2.31. The highest BCUT2D eigenvalue weighted by Gasteiger charge is 2.35. The lowest BCUT2D eigenvalue weighted by Gasteiger charge is -2.28. The molecule has 0 saturated carbocycles. The van der Waals surface area contributed by atoms with E-state index in [0.717, 1.165) is 15.0 Å². The number of hydrogen-bond donors (Lipinski definition) is 1. The summed E-state index contributed by atoms with van der Waals surface area (Å²) in [4.78, 5) is 32.9. The van der Waals surface area contributed by atoms with Gasteiger partial charge in [0.1, 0.15) is 5.57 Å². The van der Waals surface area contributed by atoms with Crippen LogP contribution in [0.2, 0.25) is 5.02 Å². The number of anilines is 1. The molecule has 0 radical (unpaired) electrons. The lowest BCUT2D eigenvalue weighted by Crippen LogP contribution is -2.54. The molecule has 0 atom stereocenters. The molecule has 1 fully saturated rings. The molecular weight excluding hydrogens is 532 g/mol. The van der Waals surface area contributed by atoms with E-state index in [1.54, 1.807) is 30.3 Å². The number of thiazole rings is 1. The normalized spacial score (nSPS) is 15.6. The van der Waals surface area contributed by atoms with Gasteiger partial charge < -0.3 is 0 Å². The molecule has 158 valence electrons. The van der Waals surface area contributed by atoms with Crippen LogP contribution in [0.1, 0.15) is 5.69 Å².